The summed E-state index contributed by atoms with van der Waals surface area (Å²) >= 11 is 0. The van der Waals surface area contributed by atoms with Gasteiger partial charge in [-0.05, 0) is 73.0 Å². The standard InChI is InChI=1S/C25H28N2O3/c1-15-12-21(30-3)19(18-8-10-26-22(15)18)14-27-11-9-25(2)13-20(25)23(27)16-4-6-17(7-5-16)24(28)29/h4-8,10,12,20,23,26H,9,11,13-14H2,1-3H3,(H,28,29). The highest BCUT2D eigenvalue weighted by Crippen LogP contribution is 2.64. The summed E-state index contributed by atoms with van der Waals surface area (Å²) in [5.74, 6) is 0.668. The highest BCUT2D eigenvalue weighted by Gasteiger charge is 2.58. The molecular formula is C25H28N2O3. The van der Waals surface area contributed by atoms with Crippen molar-refractivity contribution in [3.63, 3.8) is 0 Å². The minimum atomic E-state index is -0.877. The molecule has 5 heteroatoms. The Morgan fingerprint density at radius 2 is 2.07 bits per heavy atom. The van der Waals surface area contributed by atoms with Crippen LogP contribution in [0.25, 0.3) is 10.9 Å². The van der Waals surface area contributed by atoms with Gasteiger partial charge in [-0.25, -0.2) is 4.79 Å². The van der Waals surface area contributed by atoms with Crippen molar-refractivity contribution in [2.24, 2.45) is 11.3 Å². The van der Waals surface area contributed by atoms with Gasteiger partial charge in [-0.15, -0.1) is 0 Å². The molecule has 0 radical (unpaired) electrons. The lowest BCUT2D eigenvalue weighted by Crippen LogP contribution is -2.37. The number of hydrogen-bond donors (Lipinski definition) is 2. The molecule has 5 nitrogen and oxygen atoms in total. The van der Waals surface area contributed by atoms with E-state index in [-0.39, 0.29) is 0 Å². The van der Waals surface area contributed by atoms with E-state index >= 15 is 0 Å². The number of ether oxygens (including phenoxy) is 1. The molecule has 3 atom stereocenters. The number of carboxylic acid groups (broad SMARTS) is 1. The van der Waals surface area contributed by atoms with Crippen molar-refractivity contribution in [1.82, 2.24) is 9.88 Å². The zero-order valence-electron chi connectivity index (χ0n) is 17.7. The number of aromatic carboxylic acids is 1. The van der Waals surface area contributed by atoms with Crippen molar-refractivity contribution in [2.75, 3.05) is 13.7 Å². The smallest absolute Gasteiger partial charge is 0.335 e. The Hall–Kier alpha value is -2.79. The van der Waals surface area contributed by atoms with Crippen LogP contribution in [0.3, 0.4) is 0 Å². The van der Waals surface area contributed by atoms with Crippen molar-refractivity contribution < 1.29 is 14.6 Å². The number of hydrogen-bond acceptors (Lipinski definition) is 3. The van der Waals surface area contributed by atoms with Crippen LogP contribution in [0.15, 0.2) is 42.6 Å². The van der Waals surface area contributed by atoms with Crippen LogP contribution in [0.1, 0.15) is 52.9 Å². The number of H-pyrrole nitrogens is 1. The van der Waals surface area contributed by atoms with Gasteiger partial charge in [0.2, 0.25) is 0 Å². The maximum absolute atomic E-state index is 11.3. The van der Waals surface area contributed by atoms with Crippen LogP contribution in [0.4, 0.5) is 0 Å². The highest BCUT2D eigenvalue weighted by atomic mass is 16.5. The number of nitrogens with one attached hydrogen (secondary N) is 1. The summed E-state index contributed by atoms with van der Waals surface area (Å²) in [6.45, 7) is 6.34. The molecule has 1 saturated heterocycles. The molecule has 3 unspecified atom stereocenters. The van der Waals surface area contributed by atoms with Gasteiger partial charge in [0.25, 0.3) is 0 Å². The van der Waals surface area contributed by atoms with Crippen LogP contribution in [0.5, 0.6) is 5.75 Å². The molecule has 30 heavy (non-hydrogen) atoms. The van der Waals surface area contributed by atoms with Crippen LogP contribution >= 0.6 is 0 Å². The summed E-state index contributed by atoms with van der Waals surface area (Å²) in [6.07, 6.45) is 4.43. The number of piperidine rings is 1. The van der Waals surface area contributed by atoms with Crippen LogP contribution in [-0.2, 0) is 6.54 Å². The summed E-state index contributed by atoms with van der Waals surface area (Å²) in [5, 5.41) is 10.5. The number of carboxylic acids is 1. The molecule has 0 bridgehead atoms. The number of aryl methyl sites for hydroxylation is 1. The van der Waals surface area contributed by atoms with Crippen molar-refractivity contribution in [3.8, 4) is 5.75 Å². The molecule has 0 spiro atoms. The molecule has 2 heterocycles. The Kier molecular flexibility index (Phi) is 4.40. The number of carbonyl (C=O) groups is 1. The third-order valence-corrected chi connectivity index (χ3v) is 7.36. The average molecular weight is 405 g/mol. The van der Waals surface area contributed by atoms with Crippen molar-refractivity contribution in [1.29, 1.82) is 0 Å². The van der Waals surface area contributed by atoms with E-state index in [4.69, 9.17) is 4.74 Å². The average Bonchev–Trinajstić information content (AvgIpc) is 3.18. The fraction of sp³-hybridized carbons (Fsp3) is 0.400. The summed E-state index contributed by atoms with van der Waals surface area (Å²) in [7, 11) is 1.74. The lowest BCUT2D eigenvalue weighted by molar-refractivity contribution is 0.0696. The zero-order chi connectivity index (χ0) is 21.0. The van der Waals surface area contributed by atoms with Gasteiger partial charge in [0.1, 0.15) is 5.75 Å². The lowest BCUT2D eigenvalue weighted by atomic mass is 9.87. The molecule has 2 N–H and O–H groups in total. The van der Waals surface area contributed by atoms with Crippen molar-refractivity contribution in [3.05, 3.63) is 64.8 Å². The number of likely N-dealkylation sites (tertiary alicyclic amines) is 1. The van der Waals surface area contributed by atoms with Gasteiger partial charge in [0.05, 0.1) is 12.7 Å². The topological polar surface area (TPSA) is 65.6 Å². The summed E-state index contributed by atoms with van der Waals surface area (Å²) in [4.78, 5) is 17.2. The van der Waals surface area contributed by atoms with Gasteiger partial charge in [0, 0.05) is 35.2 Å². The van der Waals surface area contributed by atoms with Gasteiger partial charge >= 0.3 is 5.97 Å². The molecule has 156 valence electrons. The Balaban J connectivity index is 1.53. The van der Waals surface area contributed by atoms with Gasteiger partial charge in [-0.1, -0.05) is 19.1 Å². The predicted octanol–water partition coefficient (Wildman–Crippen LogP) is 5.16. The monoisotopic (exact) mass is 404 g/mol. The molecule has 2 aromatic carbocycles. The molecular weight excluding hydrogens is 376 g/mol. The SMILES string of the molecule is COc1cc(C)c2[nH]ccc2c1CN1CCC2(C)CC2C1c1ccc(C(=O)O)cc1. The third kappa shape index (κ3) is 3.00. The lowest BCUT2D eigenvalue weighted by Gasteiger charge is -2.39. The summed E-state index contributed by atoms with van der Waals surface area (Å²) < 4.78 is 5.78. The van der Waals surface area contributed by atoms with Crippen molar-refractivity contribution >= 4 is 16.9 Å². The van der Waals surface area contributed by atoms with E-state index in [2.05, 4.69) is 35.9 Å². The molecule has 5 rings (SSSR count). The number of benzene rings is 2. The molecule has 1 aromatic heterocycles. The Labute approximate surface area is 176 Å². The first-order valence-corrected chi connectivity index (χ1v) is 10.6. The Morgan fingerprint density at radius 3 is 2.77 bits per heavy atom. The van der Waals surface area contributed by atoms with Crippen LogP contribution in [-0.4, -0.2) is 34.6 Å². The molecule has 1 aliphatic heterocycles. The molecule has 1 aliphatic carbocycles. The van der Waals surface area contributed by atoms with Crippen LogP contribution < -0.4 is 4.74 Å². The number of methoxy groups -OCH3 is 1. The molecule has 0 amide bonds. The van der Waals surface area contributed by atoms with Crippen LogP contribution in [0.2, 0.25) is 0 Å². The second-order valence-electron chi connectivity index (χ2n) is 9.20. The first kappa shape index (κ1) is 19.2. The van der Waals surface area contributed by atoms with Crippen LogP contribution in [0, 0.1) is 18.3 Å². The quantitative estimate of drug-likeness (QED) is 0.617. The molecule has 2 aliphatic rings. The van der Waals surface area contributed by atoms with E-state index in [1.807, 2.05) is 18.3 Å². The summed E-state index contributed by atoms with van der Waals surface area (Å²) in [5.41, 5.74) is 5.54. The zero-order valence-corrected chi connectivity index (χ0v) is 17.7. The van der Waals surface area contributed by atoms with E-state index in [0.29, 0.717) is 22.9 Å². The fourth-order valence-corrected chi connectivity index (χ4v) is 5.44. The number of fused-ring (bicyclic) bond motifs is 2. The number of aromatic nitrogens is 1. The number of rotatable bonds is 5. The highest BCUT2D eigenvalue weighted by molar-refractivity contribution is 5.88. The Morgan fingerprint density at radius 1 is 1.30 bits per heavy atom. The largest absolute Gasteiger partial charge is 0.496 e. The molecule has 1 saturated carbocycles. The normalized spacial score (nSPS) is 25.8. The van der Waals surface area contributed by atoms with Gasteiger partial charge in [-0.2, -0.15) is 0 Å². The van der Waals surface area contributed by atoms with E-state index in [9.17, 15) is 9.90 Å². The summed E-state index contributed by atoms with van der Waals surface area (Å²) in [6, 6.07) is 12.0. The van der Waals surface area contributed by atoms with E-state index in [1.165, 1.54) is 40.4 Å². The molecule has 2 fully saturated rings. The second-order valence-corrected chi connectivity index (χ2v) is 9.20. The fourth-order valence-electron chi connectivity index (χ4n) is 5.44. The Bertz CT molecular complexity index is 1120. The first-order valence-electron chi connectivity index (χ1n) is 10.6. The van der Waals surface area contributed by atoms with E-state index in [0.717, 1.165) is 18.8 Å². The van der Waals surface area contributed by atoms with Gasteiger partial charge in [-0.3, -0.25) is 4.90 Å². The van der Waals surface area contributed by atoms with E-state index < -0.39 is 5.97 Å². The maximum atomic E-state index is 11.3. The second kappa shape index (κ2) is 6.88. The van der Waals surface area contributed by atoms with E-state index in [1.54, 1.807) is 19.2 Å². The minimum absolute atomic E-state index is 0.298. The number of aromatic amines is 1. The van der Waals surface area contributed by atoms with Crippen molar-refractivity contribution in [2.45, 2.75) is 39.3 Å². The minimum Gasteiger partial charge on any atom is -0.496 e. The third-order valence-electron chi connectivity index (χ3n) is 7.36. The maximum Gasteiger partial charge on any atom is 0.335 e. The number of nitrogens with zero attached hydrogens (tertiary/aromatic N) is 1. The molecule has 3 aromatic rings. The van der Waals surface area contributed by atoms with Gasteiger partial charge in [0.15, 0.2) is 0 Å². The first-order chi connectivity index (χ1) is 14.4. The predicted molar refractivity (Wildman–Crippen MR) is 117 cm³/mol. The van der Waals surface area contributed by atoms with Gasteiger partial charge < -0.3 is 14.8 Å².